The van der Waals surface area contributed by atoms with Crippen molar-refractivity contribution in [1.82, 2.24) is 5.32 Å². The number of fused-ring (bicyclic) bond motifs is 3. The van der Waals surface area contributed by atoms with Crippen LogP contribution in [0.2, 0.25) is 0 Å². The van der Waals surface area contributed by atoms with Crippen LogP contribution in [0.1, 0.15) is 65.2 Å². The van der Waals surface area contributed by atoms with Gasteiger partial charge < -0.3 is 10.4 Å². The molecule has 0 aromatic heterocycles. The molecule has 0 spiro atoms. The van der Waals surface area contributed by atoms with Gasteiger partial charge in [-0.05, 0) is 31.1 Å². The van der Waals surface area contributed by atoms with E-state index < -0.39 is 22.7 Å². The van der Waals surface area contributed by atoms with Crippen molar-refractivity contribution in [3.63, 3.8) is 0 Å². The number of carbonyl (C=O) groups excluding carboxylic acids is 6. The Bertz CT molecular complexity index is 814. The topological polar surface area (TPSA) is 152 Å². The third-order valence-electron chi connectivity index (χ3n) is 7.53. The van der Waals surface area contributed by atoms with E-state index >= 15 is 0 Å². The Morgan fingerprint density at radius 1 is 1.06 bits per heavy atom. The highest BCUT2D eigenvalue weighted by Gasteiger charge is 2.62. The SMILES string of the molecule is C[C@]1(CCC(=O)NCCC(=O)O)C(=O)CC[C@@H]2[C@@H]1C(=O)C[C@]1(C)C(=O)CC[C@@H]21.O=C=O. The summed E-state index contributed by atoms with van der Waals surface area (Å²) in [6.07, 6.45) is 2.96. The molecular formula is C22H29NO8. The quantitative estimate of drug-likeness (QED) is 0.634. The second-order valence-electron chi connectivity index (χ2n) is 9.23. The zero-order valence-electron chi connectivity index (χ0n) is 17.9. The first-order chi connectivity index (χ1) is 14.5. The average molecular weight is 435 g/mol. The molecule has 2 N–H and O–H groups in total. The van der Waals surface area contributed by atoms with E-state index in [1.165, 1.54) is 0 Å². The summed E-state index contributed by atoms with van der Waals surface area (Å²) in [5.41, 5.74) is -1.48. The van der Waals surface area contributed by atoms with Crippen LogP contribution < -0.4 is 5.32 Å². The van der Waals surface area contributed by atoms with Gasteiger partial charge in [0.15, 0.2) is 0 Å². The van der Waals surface area contributed by atoms with Gasteiger partial charge in [-0.1, -0.05) is 13.8 Å². The lowest BCUT2D eigenvalue weighted by Crippen LogP contribution is -2.56. The molecular weight excluding hydrogens is 406 g/mol. The van der Waals surface area contributed by atoms with E-state index in [0.29, 0.717) is 19.3 Å². The molecule has 0 heterocycles. The maximum Gasteiger partial charge on any atom is 0.373 e. The van der Waals surface area contributed by atoms with Crippen LogP contribution in [0.3, 0.4) is 0 Å². The van der Waals surface area contributed by atoms with Gasteiger partial charge in [0.2, 0.25) is 5.91 Å². The number of ketones is 3. The zero-order valence-corrected chi connectivity index (χ0v) is 17.9. The number of amides is 1. The third-order valence-corrected chi connectivity index (χ3v) is 7.53. The lowest BCUT2D eigenvalue weighted by molar-refractivity contribution is -0.191. The molecule has 0 saturated heterocycles. The maximum atomic E-state index is 13.1. The van der Waals surface area contributed by atoms with Gasteiger partial charge in [0.25, 0.3) is 0 Å². The highest BCUT2D eigenvalue weighted by molar-refractivity contribution is 5.99. The van der Waals surface area contributed by atoms with Gasteiger partial charge in [0, 0.05) is 49.0 Å². The van der Waals surface area contributed by atoms with Gasteiger partial charge in [-0.2, -0.15) is 9.59 Å². The number of hydrogen-bond acceptors (Lipinski definition) is 7. The van der Waals surface area contributed by atoms with Gasteiger partial charge in [-0.25, -0.2) is 0 Å². The predicted octanol–water partition coefficient (Wildman–Crippen LogP) is 1.33. The van der Waals surface area contributed by atoms with Crippen molar-refractivity contribution in [3.8, 4) is 0 Å². The fourth-order valence-electron chi connectivity index (χ4n) is 5.97. The Morgan fingerprint density at radius 3 is 2.29 bits per heavy atom. The Hall–Kier alpha value is -2.67. The van der Waals surface area contributed by atoms with Gasteiger partial charge >= 0.3 is 12.1 Å². The van der Waals surface area contributed by atoms with E-state index in [9.17, 15) is 24.0 Å². The second kappa shape index (κ2) is 9.64. The minimum atomic E-state index is -0.987. The van der Waals surface area contributed by atoms with Crippen molar-refractivity contribution in [2.75, 3.05) is 6.54 Å². The summed E-state index contributed by atoms with van der Waals surface area (Å²) >= 11 is 0. The van der Waals surface area contributed by atoms with Crippen molar-refractivity contribution < 1.29 is 38.7 Å². The van der Waals surface area contributed by atoms with E-state index in [0.717, 1.165) is 6.42 Å². The standard InChI is InChI=1S/C21H29NO6.CO2/c1-20(9-7-17(26)22-10-8-18(27)28)15(24)5-3-12-13-4-6-16(25)21(13,2)11-14(23)19(12)20;2-1-3/h12-13,19H,3-11H2,1-2H3,(H,22,26)(H,27,28);/t12-,13-,19+,20-,21-;/m0./s1. The van der Waals surface area contributed by atoms with Crippen molar-refractivity contribution in [2.45, 2.75) is 65.2 Å². The van der Waals surface area contributed by atoms with E-state index in [1.54, 1.807) is 6.92 Å². The molecule has 3 fully saturated rings. The number of aliphatic carboxylic acids is 1. The number of rotatable bonds is 6. The number of Topliss-reactive ketones (excluding diaryl/α,β-unsaturated/α-hetero) is 3. The molecule has 170 valence electrons. The fourth-order valence-corrected chi connectivity index (χ4v) is 5.97. The first-order valence-electron chi connectivity index (χ1n) is 10.6. The lowest BCUT2D eigenvalue weighted by atomic mass is 9.48. The van der Waals surface area contributed by atoms with Crippen molar-refractivity contribution in [2.24, 2.45) is 28.6 Å². The van der Waals surface area contributed by atoms with Gasteiger partial charge in [-0.3, -0.25) is 24.0 Å². The minimum Gasteiger partial charge on any atom is -0.481 e. The molecule has 3 aliphatic rings. The third kappa shape index (κ3) is 4.82. The Labute approximate surface area is 180 Å². The Balaban J connectivity index is 0.00000107. The first-order valence-corrected chi connectivity index (χ1v) is 10.6. The van der Waals surface area contributed by atoms with Crippen LogP contribution in [0.15, 0.2) is 0 Å². The second-order valence-corrected chi connectivity index (χ2v) is 9.23. The Morgan fingerprint density at radius 2 is 1.68 bits per heavy atom. The summed E-state index contributed by atoms with van der Waals surface area (Å²) in [6.45, 7) is 3.76. The van der Waals surface area contributed by atoms with Gasteiger partial charge in [-0.15, -0.1) is 0 Å². The van der Waals surface area contributed by atoms with E-state index in [-0.39, 0.29) is 73.5 Å². The summed E-state index contributed by atoms with van der Waals surface area (Å²) in [7, 11) is 0. The highest BCUT2D eigenvalue weighted by atomic mass is 16.4. The average Bonchev–Trinajstić information content (AvgIpc) is 2.97. The molecule has 3 rings (SSSR count). The Kier molecular flexibility index (Phi) is 7.65. The summed E-state index contributed by atoms with van der Waals surface area (Å²) in [5, 5.41) is 11.2. The highest BCUT2D eigenvalue weighted by Crippen LogP contribution is 2.60. The van der Waals surface area contributed by atoms with E-state index in [4.69, 9.17) is 14.7 Å². The smallest absolute Gasteiger partial charge is 0.373 e. The summed E-state index contributed by atoms with van der Waals surface area (Å²) in [4.78, 5) is 77.3. The molecule has 0 aromatic carbocycles. The van der Waals surface area contributed by atoms with Crippen LogP contribution in [-0.2, 0) is 33.6 Å². The summed E-state index contributed by atoms with van der Waals surface area (Å²) < 4.78 is 0. The minimum absolute atomic E-state index is 0.0131. The van der Waals surface area contributed by atoms with Crippen molar-refractivity contribution in [1.29, 1.82) is 0 Å². The van der Waals surface area contributed by atoms with Crippen LogP contribution in [0, 0.1) is 28.6 Å². The molecule has 9 heteroatoms. The van der Waals surface area contributed by atoms with E-state index in [1.807, 2.05) is 6.92 Å². The predicted molar refractivity (Wildman–Crippen MR) is 104 cm³/mol. The number of nitrogens with one attached hydrogen (secondary N) is 1. The number of hydrogen-bond donors (Lipinski definition) is 2. The molecule has 31 heavy (non-hydrogen) atoms. The van der Waals surface area contributed by atoms with Gasteiger partial charge in [0.05, 0.1) is 6.42 Å². The van der Waals surface area contributed by atoms with Crippen LogP contribution in [0.5, 0.6) is 0 Å². The summed E-state index contributed by atoms with van der Waals surface area (Å²) in [5.74, 6) is -1.38. The van der Waals surface area contributed by atoms with Crippen molar-refractivity contribution >= 4 is 35.4 Å². The molecule has 3 saturated carbocycles. The fraction of sp³-hybridized carbons (Fsp3) is 0.727. The lowest BCUT2D eigenvalue weighted by Gasteiger charge is -2.52. The monoisotopic (exact) mass is 435 g/mol. The molecule has 0 unspecified atom stereocenters. The normalized spacial score (nSPS) is 34.0. The summed E-state index contributed by atoms with van der Waals surface area (Å²) in [6, 6.07) is 0. The molecule has 0 bridgehead atoms. The molecule has 0 radical (unpaired) electrons. The van der Waals surface area contributed by atoms with Crippen LogP contribution in [0.4, 0.5) is 0 Å². The number of carboxylic acids is 1. The van der Waals surface area contributed by atoms with Gasteiger partial charge in [0.1, 0.15) is 17.3 Å². The number of carbonyl (C=O) groups is 5. The molecule has 0 aliphatic heterocycles. The van der Waals surface area contributed by atoms with Crippen LogP contribution >= 0.6 is 0 Å². The first kappa shape index (κ1) is 24.6. The largest absolute Gasteiger partial charge is 0.481 e. The van der Waals surface area contributed by atoms with Crippen LogP contribution in [0.25, 0.3) is 0 Å². The van der Waals surface area contributed by atoms with Crippen LogP contribution in [-0.4, -0.2) is 47.0 Å². The molecule has 9 nitrogen and oxygen atoms in total. The van der Waals surface area contributed by atoms with E-state index in [2.05, 4.69) is 5.32 Å². The molecule has 3 aliphatic carbocycles. The maximum absolute atomic E-state index is 13.1. The number of carboxylic acid groups (broad SMARTS) is 1. The van der Waals surface area contributed by atoms with Crippen molar-refractivity contribution in [3.05, 3.63) is 0 Å². The zero-order chi connectivity index (χ0) is 23.4. The molecule has 1 amide bonds. The molecule has 5 atom stereocenters. The molecule has 0 aromatic rings.